The number of anilines is 1. The summed E-state index contributed by atoms with van der Waals surface area (Å²) >= 11 is 0. The zero-order chi connectivity index (χ0) is 17.2. The van der Waals surface area contributed by atoms with E-state index in [0.717, 1.165) is 0 Å². The predicted molar refractivity (Wildman–Crippen MR) is 87.4 cm³/mol. The van der Waals surface area contributed by atoms with Crippen molar-refractivity contribution in [3.63, 3.8) is 0 Å². The Balaban J connectivity index is 1.61. The van der Waals surface area contributed by atoms with Crippen LogP contribution in [0.5, 0.6) is 0 Å². The number of piperazine rings is 1. The van der Waals surface area contributed by atoms with Crippen LogP contribution in [0.4, 0.5) is 5.95 Å². The number of morpholine rings is 1. The molecular formula is C16H23N5O3. The van der Waals surface area contributed by atoms with Crippen molar-refractivity contribution in [2.24, 2.45) is 0 Å². The molecule has 3 heterocycles. The van der Waals surface area contributed by atoms with E-state index in [1.807, 2.05) is 4.90 Å². The highest BCUT2D eigenvalue weighted by Crippen LogP contribution is 2.22. The summed E-state index contributed by atoms with van der Waals surface area (Å²) in [7, 11) is 0. The van der Waals surface area contributed by atoms with E-state index in [1.165, 1.54) is 6.92 Å². The molecule has 0 aromatic carbocycles. The third-order valence-corrected chi connectivity index (χ3v) is 4.57. The molecule has 0 N–H and O–H groups in total. The third-order valence-electron chi connectivity index (χ3n) is 4.57. The molecule has 8 heteroatoms. The number of nitrogens with zero attached hydrogens (tertiary/aromatic N) is 5. The molecule has 1 aromatic heterocycles. The zero-order valence-corrected chi connectivity index (χ0v) is 14.1. The molecule has 130 valence electrons. The van der Waals surface area contributed by atoms with E-state index in [2.05, 4.69) is 14.9 Å². The van der Waals surface area contributed by atoms with Gasteiger partial charge in [0.05, 0.1) is 13.2 Å². The van der Waals surface area contributed by atoms with E-state index in [4.69, 9.17) is 4.74 Å². The first-order chi connectivity index (χ1) is 11.5. The molecule has 0 saturated carbocycles. The van der Waals surface area contributed by atoms with Gasteiger partial charge in [-0.1, -0.05) is 0 Å². The zero-order valence-electron chi connectivity index (χ0n) is 14.1. The van der Waals surface area contributed by atoms with E-state index in [1.54, 1.807) is 30.3 Å². The number of rotatable bonds is 2. The van der Waals surface area contributed by atoms with Crippen LogP contribution in [0, 0.1) is 0 Å². The summed E-state index contributed by atoms with van der Waals surface area (Å²) in [5.74, 6) is 0.609. The van der Waals surface area contributed by atoms with Crippen LogP contribution >= 0.6 is 0 Å². The lowest BCUT2D eigenvalue weighted by Gasteiger charge is -2.43. The molecule has 2 saturated heterocycles. The molecule has 3 rings (SSSR count). The van der Waals surface area contributed by atoms with Crippen molar-refractivity contribution in [3.8, 4) is 0 Å². The minimum atomic E-state index is -0.963. The second-order valence-corrected chi connectivity index (χ2v) is 6.35. The van der Waals surface area contributed by atoms with Gasteiger partial charge in [0.1, 0.15) is 0 Å². The lowest BCUT2D eigenvalue weighted by Crippen LogP contribution is -2.62. The minimum absolute atomic E-state index is 0.0247. The van der Waals surface area contributed by atoms with Crippen LogP contribution in [-0.4, -0.2) is 83.1 Å². The Kier molecular flexibility index (Phi) is 4.66. The molecule has 0 radical (unpaired) electrons. The SMILES string of the molecule is CC(=O)N1CCO[C@](C)(C(=O)N2CCN(c3ncccn3)CC2)C1. The molecule has 0 bridgehead atoms. The van der Waals surface area contributed by atoms with Crippen LogP contribution in [0.1, 0.15) is 13.8 Å². The summed E-state index contributed by atoms with van der Waals surface area (Å²) in [4.78, 5) is 38.6. The lowest BCUT2D eigenvalue weighted by molar-refractivity contribution is -0.171. The highest BCUT2D eigenvalue weighted by molar-refractivity contribution is 5.86. The molecule has 0 spiro atoms. The van der Waals surface area contributed by atoms with Gasteiger partial charge in [0.25, 0.3) is 5.91 Å². The third kappa shape index (κ3) is 3.33. The van der Waals surface area contributed by atoms with Crippen molar-refractivity contribution in [1.82, 2.24) is 19.8 Å². The van der Waals surface area contributed by atoms with Crippen molar-refractivity contribution in [2.75, 3.05) is 50.8 Å². The number of ether oxygens (including phenoxy) is 1. The lowest BCUT2D eigenvalue weighted by atomic mass is 10.0. The number of hydrogen-bond donors (Lipinski definition) is 0. The van der Waals surface area contributed by atoms with Gasteiger partial charge in [-0.15, -0.1) is 0 Å². The summed E-state index contributed by atoms with van der Waals surface area (Å²) < 4.78 is 5.75. The quantitative estimate of drug-likeness (QED) is 0.743. The van der Waals surface area contributed by atoms with Crippen molar-refractivity contribution >= 4 is 17.8 Å². The number of carbonyl (C=O) groups excluding carboxylic acids is 2. The fourth-order valence-corrected chi connectivity index (χ4v) is 3.17. The molecule has 0 unspecified atom stereocenters. The molecule has 1 atom stereocenters. The molecule has 2 aliphatic heterocycles. The van der Waals surface area contributed by atoms with Gasteiger partial charge in [0.15, 0.2) is 5.60 Å². The fraction of sp³-hybridized carbons (Fsp3) is 0.625. The highest BCUT2D eigenvalue weighted by Gasteiger charge is 2.43. The maximum atomic E-state index is 12.9. The average Bonchev–Trinajstić information content (AvgIpc) is 2.62. The predicted octanol–water partition coefficient (Wildman–Crippen LogP) is -0.237. The van der Waals surface area contributed by atoms with Gasteiger partial charge in [-0.05, 0) is 13.0 Å². The molecule has 0 aliphatic carbocycles. The molecule has 2 fully saturated rings. The van der Waals surface area contributed by atoms with E-state index < -0.39 is 5.60 Å². The smallest absolute Gasteiger partial charge is 0.256 e. The monoisotopic (exact) mass is 333 g/mol. The standard InChI is InChI=1S/C16H23N5O3/c1-13(22)21-10-11-24-16(2,12-21)14(23)19-6-8-20(9-7-19)15-17-4-3-5-18-15/h3-5H,6-12H2,1-2H3/t16-/m0/s1. The van der Waals surface area contributed by atoms with Crippen LogP contribution in [0.3, 0.4) is 0 Å². The van der Waals surface area contributed by atoms with Gasteiger partial charge in [-0.2, -0.15) is 0 Å². The number of carbonyl (C=O) groups is 2. The minimum Gasteiger partial charge on any atom is -0.362 e. The van der Waals surface area contributed by atoms with E-state index in [9.17, 15) is 9.59 Å². The van der Waals surface area contributed by atoms with E-state index in [-0.39, 0.29) is 11.8 Å². The highest BCUT2D eigenvalue weighted by atomic mass is 16.5. The first-order valence-corrected chi connectivity index (χ1v) is 8.20. The number of amides is 2. The van der Waals surface area contributed by atoms with Crippen LogP contribution < -0.4 is 4.90 Å². The first kappa shape index (κ1) is 16.6. The summed E-state index contributed by atoms with van der Waals surface area (Å²) in [6, 6.07) is 1.78. The molecule has 1 aromatic rings. The Morgan fingerprint density at radius 3 is 2.38 bits per heavy atom. The van der Waals surface area contributed by atoms with Gasteiger partial charge in [-0.3, -0.25) is 9.59 Å². The van der Waals surface area contributed by atoms with Crippen molar-refractivity contribution in [3.05, 3.63) is 18.5 Å². The molecule has 24 heavy (non-hydrogen) atoms. The largest absolute Gasteiger partial charge is 0.362 e. The van der Waals surface area contributed by atoms with Gasteiger partial charge in [-0.25, -0.2) is 9.97 Å². The number of hydrogen-bond acceptors (Lipinski definition) is 6. The average molecular weight is 333 g/mol. The first-order valence-electron chi connectivity index (χ1n) is 8.20. The Morgan fingerprint density at radius 2 is 1.75 bits per heavy atom. The van der Waals surface area contributed by atoms with Gasteiger partial charge in [0.2, 0.25) is 11.9 Å². The second kappa shape index (κ2) is 6.72. The summed E-state index contributed by atoms with van der Waals surface area (Å²) in [5.41, 5.74) is -0.963. The van der Waals surface area contributed by atoms with E-state index in [0.29, 0.717) is 51.8 Å². The Morgan fingerprint density at radius 1 is 1.08 bits per heavy atom. The molecule has 2 aliphatic rings. The van der Waals surface area contributed by atoms with Crippen LogP contribution in [0.25, 0.3) is 0 Å². The van der Waals surface area contributed by atoms with Crippen molar-refractivity contribution in [1.29, 1.82) is 0 Å². The maximum Gasteiger partial charge on any atom is 0.256 e. The second-order valence-electron chi connectivity index (χ2n) is 6.35. The molecule has 2 amide bonds. The van der Waals surface area contributed by atoms with Crippen LogP contribution in [0.2, 0.25) is 0 Å². The number of aromatic nitrogens is 2. The maximum absolute atomic E-state index is 12.9. The van der Waals surface area contributed by atoms with Gasteiger partial charge in [0, 0.05) is 52.0 Å². The van der Waals surface area contributed by atoms with Crippen LogP contribution in [-0.2, 0) is 14.3 Å². The topological polar surface area (TPSA) is 78.9 Å². The normalized spacial score (nSPS) is 24.8. The Labute approximate surface area is 141 Å². The van der Waals surface area contributed by atoms with Gasteiger partial charge >= 0.3 is 0 Å². The summed E-state index contributed by atoms with van der Waals surface area (Å²) in [6.07, 6.45) is 3.43. The van der Waals surface area contributed by atoms with Crippen LogP contribution in [0.15, 0.2) is 18.5 Å². The molecule has 8 nitrogen and oxygen atoms in total. The fourth-order valence-electron chi connectivity index (χ4n) is 3.17. The molecular weight excluding hydrogens is 310 g/mol. The summed E-state index contributed by atoms with van der Waals surface area (Å²) in [5, 5.41) is 0. The Hall–Kier alpha value is -2.22. The van der Waals surface area contributed by atoms with Crippen molar-refractivity contribution in [2.45, 2.75) is 19.4 Å². The van der Waals surface area contributed by atoms with Gasteiger partial charge < -0.3 is 19.4 Å². The van der Waals surface area contributed by atoms with E-state index >= 15 is 0 Å². The van der Waals surface area contributed by atoms with Crippen molar-refractivity contribution < 1.29 is 14.3 Å². The summed E-state index contributed by atoms with van der Waals surface area (Å²) in [6.45, 7) is 7.09. The Bertz CT molecular complexity index is 603.